The number of nitrogens with one attached hydrogen (secondary N) is 1. The Bertz CT molecular complexity index is 495. The number of hydrogen-bond acceptors (Lipinski definition) is 4. The molecule has 106 valence electrons. The van der Waals surface area contributed by atoms with E-state index in [0.717, 1.165) is 18.7 Å². The van der Waals surface area contributed by atoms with Crippen LogP contribution in [0.15, 0.2) is 18.3 Å². The van der Waals surface area contributed by atoms with Crippen molar-refractivity contribution >= 4 is 5.69 Å². The predicted octanol–water partition coefficient (Wildman–Crippen LogP) is 2.45. The molecule has 4 heteroatoms. The summed E-state index contributed by atoms with van der Waals surface area (Å²) in [5.41, 5.74) is 1.67. The van der Waals surface area contributed by atoms with Gasteiger partial charge in [-0.3, -0.25) is 0 Å². The number of piperidine rings is 1. The highest BCUT2D eigenvalue weighted by Crippen LogP contribution is 2.32. The molecule has 3 rings (SSSR count). The van der Waals surface area contributed by atoms with Crippen LogP contribution in [0, 0.1) is 11.3 Å². The van der Waals surface area contributed by atoms with Crippen LogP contribution >= 0.6 is 0 Å². The lowest BCUT2D eigenvalue weighted by Gasteiger charge is -2.39. The number of anilines is 1. The molecule has 2 aliphatic heterocycles. The van der Waals surface area contributed by atoms with Crippen LogP contribution in [0.3, 0.4) is 0 Å². The third-order valence-electron chi connectivity index (χ3n) is 4.54. The molecule has 2 aliphatic rings. The summed E-state index contributed by atoms with van der Waals surface area (Å²) in [4.78, 5) is 6.58. The number of nitrogens with zero attached hydrogens (tertiary/aromatic N) is 3. The fourth-order valence-electron chi connectivity index (χ4n) is 3.70. The third kappa shape index (κ3) is 2.64. The highest BCUT2D eigenvalue weighted by molar-refractivity contribution is 5.50. The summed E-state index contributed by atoms with van der Waals surface area (Å²) < 4.78 is 0. The summed E-state index contributed by atoms with van der Waals surface area (Å²) in [7, 11) is 0. The van der Waals surface area contributed by atoms with Gasteiger partial charge in [-0.25, -0.2) is 4.98 Å². The van der Waals surface area contributed by atoms with Crippen LogP contribution in [-0.4, -0.2) is 29.7 Å². The highest BCUT2D eigenvalue weighted by atomic mass is 15.2. The Morgan fingerprint density at radius 2 is 2.15 bits per heavy atom. The number of rotatable bonds is 4. The summed E-state index contributed by atoms with van der Waals surface area (Å²) in [5, 5.41) is 12.7. The maximum atomic E-state index is 9.04. The zero-order chi connectivity index (χ0) is 13.9. The number of fused-ring (bicyclic) bond motifs is 2. The second-order valence-corrected chi connectivity index (χ2v) is 5.97. The lowest BCUT2D eigenvalue weighted by Crippen LogP contribution is -2.48. The molecule has 1 aromatic heterocycles. The van der Waals surface area contributed by atoms with E-state index in [-0.39, 0.29) is 0 Å². The minimum Gasteiger partial charge on any atom is -0.368 e. The Kier molecular flexibility index (Phi) is 3.88. The summed E-state index contributed by atoms with van der Waals surface area (Å²) >= 11 is 0. The molecule has 0 aromatic carbocycles. The van der Waals surface area contributed by atoms with Gasteiger partial charge in [-0.2, -0.15) is 5.26 Å². The summed E-state index contributed by atoms with van der Waals surface area (Å²) in [6.45, 7) is 3.27. The van der Waals surface area contributed by atoms with Crippen LogP contribution in [0.5, 0.6) is 0 Å². The largest absolute Gasteiger partial charge is 0.368 e. The van der Waals surface area contributed by atoms with Crippen LogP contribution in [-0.2, 0) is 0 Å². The molecule has 0 spiro atoms. The Hall–Kier alpha value is -1.60. The fourth-order valence-corrected chi connectivity index (χ4v) is 3.70. The Labute approximate surface area is 120 Å². The fraction of sp³-hybridized carbons (Fsp3) is 0.625. The van der Waals surface area contributed by atoms with E-state index in [1.165, 1.54) is 25.7 Å². The van der Waals surface area contributed by atoms with E-state index < -0.39 is 0 Å². The van der Waals surface area contributed by atoms with E-state index in [9.17, 15) is 0 Å². The zero-order valence-electron chi connectivity index (χ0n) is 12.0. The SMILES string of the molecule is CCCN(c1ccnc(C#N)c1)C1CC2CCC(C1)N2. The molecular formula is C16H22N4. The first-order chi connectivity index (χ1) is 9.80. The van der Waals surface area contributed by atoms with Crippen molar-refractivity contribution in [2.24, 2.45) is 0 Å². The van der Waals surface area contributed by atoms with Crippen LogP contribution < -0.4 is 10.2 Å². The van der Waals surface area contributed by atoms with Crippen molar-refractivity contribution in [1.82, 2.24) is 10.3 Å². The van der Waals surface area contributed by atoms with E-state index in [4.69, 9.17) is 5.26 Å². The first kappa shape index (κ1) is 13.4. The molecule has 2 saturated heterocycles. The predicted molar refractivity (Wildman–Crippen MR) is 79.6 cm³/mol. The van der Waals surface area contributed by atoms with Crippen LogP contribution in [0.4, 0.5) is 5.69 Å². The average Bonchev–Trinajstić information content (AvgIpc) is 2.83. The van der Waals surface area contributed by atoms with Gasteiger partial charge in [-0.05, 0) is 44.2 Å². The highest BCUT2D eigenvalue weighted by Gasteiger charge is 2.36. The van der Waals surface area contributed by atoms with Crippen molar-refractivity contribution in [2.45, 2.75) is 57.2 Å². The van der Waals surface area contributed by atoms with Crippen molar-refractivity contribution in [3.63, 3.8) is 0 Å². The molecule has 2 unspecified atom stereocenters. The van der Waals surface area contributed by atoms with Crippen molar-refractivity contribution in [3.8, 4) is 6.07 Å². The molecule has 2 atom stereocenters. The lowest BCUT2D eigenvalue weighted by atomic mass is 9.97. The Morgan fingerprint density at radius 1 is 1.40 bits per heavy atom. The van der Waals surface area contributed by atoms with Crippen molar-refractivity contribution in [1.29, 1.82) is 5.26 Å². The van der Waals surface area contributed by atoms with Gasteiger partial charge in [0.25, 0.3) is 0 Å². The maximum Gasteiger partial charge on any atom is 0.142 e. The number of pyridine rings is 1. The molecular weight excluding hydrogens is 248 g/mol. The number of aromatic nitrogens is 1. The molecule has 0 amide bonds. The smallest absolute Gasteiger partial charge is 0.142 e. The molecule has 0 aliphatic carbocycles. The molecule has 20 heavy (non-hydrogen) atoms. The first-order valence-corrected chi connectivity index (χ1v) is 7.69. The standard InChI is InChI=1S/C16H22N4/c1-2-7-20(15-5-6-18-14(10-15)11-17)16-8-12-3-4-13(9-16)19-12/h5-6,10,12-13,16,19H,2-4,7-9H2,1H3. The van der Waals surface area contributed by atoms with Gasteiger partial charge in [0.05, 0.1) is 0 Å². The summed E-state index contributed by atoms with van der Waals surface area (Å²) in [5.74, 6) is 0. The van der Waals surface area contributed by atoms with E-state index in [1.54, 1.807) is 6.20 Å². The first-order valence-electron chi connectivity index (χ1n) is 7.69. The average molecular weight is 270 g/mol. The van der Waals surface area contributed by atoms with Crippen LogP contribution in [0.25, 0.3) is 0 Å². The van der Waals surface area contributed by atoms with E-state index in [2.05, 4.69) is 28.2 Å². The molecule has 2 fully saturated rings. The monoisotopic (exact) mass is 270 g/mol. The molecule has 0 radical (unpaired) electrons. The van der Waals surface area contributed by atoms with Gasteiger partial charge in [0, 0.05) is 36.6 Å². The Balaban J connectivity index is 1.83. The van der Waals surface area contributed by atoms with Gasteiger partial charge >= 0.3 is 0 Å². The minimum atomic E-state index is 0.514. The lowest BCUT2D eigenvalue weighted by molar-refractivity contribution is 0.346. The molecule has 4 nitrogen and oxygen atoms in total. The Morgan fingerprint density at radius 3 is 2.80 bits per heavy atom. The van der Waals surface area contributed by atoms with Crippen LogP contribution in [0.2, 0.25) is 0 Å². The molecule has 2 bridgehead atoms. The second kappa shape index (κ2) is 5.80. The van der Waals surface area contributed by atoms with Gasteiger partial charge in [-0.1, -0.05) is 6.92 Å². The maximum absolute atomic E-state index is 9.04. The molecule has 1 N–H and O–H groups in total. The van der Waals surface area contributed by atoms with Crippen LogP contribution in [0.1, 0.15) is 44.7 Å². The van der Waals surface area contributed by atoms with Gasteiger partial charge in [-0.15, -0.1) is 0 Å². The molecule has 0 saturated carbocycles. The van der Waals surface area contributed by atoms with Crippen molar-refractivity contribution in [2.75, 3.05) is 11.4 Å². The zero-order valence-corrected chi connectivity index (χ0v) is 12.0. The normalized spacial score (nSPS) is 28.1. The van der Waals surface area contributed by atoms with Crippen molar-refractivity contribution < 1.29 is 0 Å². The topological polar surface area (TPSA) is 52.0 Å². The summed E-state index contributed by atoms with van der Waals surface area (Å²) in [6.07, 6.45) is 7.97. The third-order valence-corrected chi connectivity index (χ3v) is 4.54. The van der Waals surface area contributed by atoms with Gasteiger partial charge < -0.3 is 10.2 Å². The second-order valence-electron chi connectivity index (χ2n) is 5.97. The van der Waals surface area contributed by atoms with Crippen molar-refractivity contribution in [3.05, 3.63) is 24.0 Å². The van der Waals surface area contributed by atoms with E-state index in [0.29, 0.717) is 23.8 Å². The number of hydrogen-bond donors (Lipinski definition) is 1. The minimum absolute atomic E-state index is 0.514. The van der Waals surface area contributed by atoms with E-state index >= 15 is 0 Å². The molecule has 1 aromatic rings. The molecule has 3 heterocycles. The van der Waals surface area contributed by atoms with Gasteiger partial charge in [0.2, 0.25) is 0 Å². The van der Waals surface area contributed by atoms with E-state index in [1.807, 2.05) is 12.1 Å². The quantitative estimate of drug-likeness (QED) is 0.913. The van der Waals surface area contributed by atoms with Gasteiger partial charge in [0.1, 0.15) is 11.8 Å². The number of nitriles is 1. The van der Waals surface area contributed by atoms with Gasteiger partial charge in [0.15, 0.2) is 0 Å². The summed E-state index contributed by atoms with van der Waals surface area (Å²) in [6, 6.07) is 8.10.